The minimum Gasteiger partial charge on any atom is -0.420 e. The summed E-state index contributed by atoms with van der Waals surface area (Å²) in [7, 11) is -0.499. The van der Waals surface area contributed by atoms with Gasteiger partial charge in [0.1, 0.15) is 6.17 Å². The number of carbonyl (C=O) groups excluding carboxylic acids is 2. The minimum atomic E-state index is -0.499. The summed E-state index contributed by atoms with van der Waals surface area (Å²) in [6.45, 7) is 5.14. The van der Waals surface area contributed by atoms with E-state index in [1.165, 1.54) is 13.8 Å². The molecule has 0 bridgehead atoms. The number of hydrogen-bond donors (Lipinski definition) is 2. The first-order valence-electron chi connectivity index (χ1n) is 4.18. The van der Waals surface area contributed by atoms with E-state index in [9.17, 15) is 9.59 Å². The predicted octanol–water partition coefficient (Wildman–Crippen LogP) is -1.27. The van der Waals surface area contributed by atoms with Gasteiger partial charge in [0, 0.05) is 13.8 Å². The van der Waals surface area contributed by atoms with Gasteiger partial charge in [0.25, 0.3) is 0 Å². The van der Waals surface area contributed by atoms with Crippen LogP contribution < -0.4 is 10.6 Å². The Morgan fingerprint density at radius 2 is 1.77 bits per heavy atom. The Hall–Kier alpha value is -0.883. The van der Waals surface area contributed by atoms with Crippen molar-refractivity contribution in [2.45, 2.75) is 26.6 Å². The summed E-state index contributed by atoms with van der Waals surface area (Å²) in [5, 5.41) is 5.14. The van der Waals surface area contributed by atoms with Crippen LogP contribution in [0.5, 0.6) is 0 Å². The van der Waals surface area contributed by atoms with Crippen LogP contribution in [-0.2, 0) is 14.0 Å². The lowest BCUT2D eigenvalue weighted by Gasteiger charge is -2.18. The Bertz CT molecular complexity index is 171. The highest BCUT2D eigenvalue weighted by atomic mass is 28.2. The third-order valence-corrected chi connectivity index (χ3v) is 1.89. The molecule has 0 rings (SSSR count). The Labute approximate surface area is 80.2 Å². The molecule has 6 heteroatoms. The van der Waals surface area contributed by atoms with E-state index >= 15 is 0 Å². The van der Waals surface area contributed by atoms with E-state index in [-0.39, 0.29) is 11.8 Å². The first-order chi connectivity index (χ1) is 6.06. The molecule has 0 radical (unpaired) electrons. The van der Waals surface area contributed by atoms with E-state index in [1.807, 2.05) is 6.55 Å². The zero-order valence-corrected chi connectivity index (χ0v) is 9.63. The molecule has 0 saturated heterocycles. The van der Waals surface area contributed by atoms with E-state index in [4.69, 9.17) is 4.43 Å². The van der Waals surface area contributed by atoms with E-state index in [0.29, 0.717) is 6.61 Å². The summed E-state index contributed by atoms with van der Waals surface area (Å²) in [5.41, 5.74) is 0. The molecule has 0 aliphatic heterocycles. The normalized spacial score (nSPS) is 10.8. The van der Waals surface area contributed by atoms with Crippen molar-refractivity contribution in [2.75, 3.05) is 6.61 Å². The lowest BCUT2D eigenvalue weighted by Crippen LogP contribution is -2.49. The van der Waals surface area contributed by atoms with Crippen LogP contribution in [0.15, 0.2) is 0 Å². The Morgan fingerprint density at radius 3 is 2.08 bits per heavy atom. The second kappa shape index (κ2) is 6.61. The van der Waals surface area contributed by atoms with Crippen LogP contribution in [0.3, 0.4) is 0 Å². The number of hydrogen-bond acceptors (Lipinski definition) is 3. The van der Waals surface area contributed by atoms with Gasteiger partial charge in [-0.2, -0.15) is 0 Å². The van der Waals surface area contributed by atoms with Gasteiger partial charge >= 0.3 is 0 Å². The van der Waals surface area contributed by atoms with Crippen molar-refractivity contribution in [3.8, 4) is 0 Å². The molecule has 0 heterocycles. The number of nitrogens with one attached hydrogen (secondary N) is 2. The maximum atomic E-state index is 10.7. The standard InChI is InChI=1S/C7H16N2O3Si/c1-5(10)8-7(4-12-13-3)9-6(2)11/h7H,4,13H2,1-3H3,(H,8,10)(H,9,11). The van der Waals surface area contributed by atoms with Crippen molar-refractivity contribution in [3.63, 3.8) is 0 Å². The number of carbonyl (C=O) groups is 2. The third kappa shape index (κ3) is 7.48. The monoisotopic (exact) mass is 204 g/mol. The molecule has 5 nitrogen and oxygen atoms in total. The van der Waals surface area contributed by atoms with Gasteiger partial charge in [-0.05, 0) is 0 Å². The minimum absolute atomic E-state index is 0.180. The van der Waals surface area contributed by atoms with Gasteiger partial charge in [-0.25, -0.2) is 0 Å². The maximum absolute atomic E-state index is 10.7. The van der Waals surface area contributed by atoms with Crippen molar-refractivity contribution >= 4 is 21.6 Å². The second-order valence-electron chi connectivity index (χ2n) is 2.61. The van der Waals surface area contributed by atoms with E-state index in [1.54, 1.807) is 0 Å². The van der Waals surface area contributed by atoms with Gasteiger partial charge in [-0.1, -0.05) is 6.55 Å². The van der Waals surface area contributed by atoms with Gasteiger partial charge in [0.15, 0.2) is 9.76 Å². The van der Waals surface area contributed by atoms with Crippen LogP contribution in [0, 0.1) is 0 Å². The Kier molecular flexibility index (Phi) is 6.16. The lowest BCUT2D eigenvalue weighted by atomic mass is 10.4. The van der Waals surface area contributed by atoms with Gasteiger partial charge in [0.05, 0.1) is 6.61 Å². The first-order valence-corrected chi connectivity index (χ1v) is 6.17. The molecule has 0 aromatic rings. The largest absolute Gasteiger partial charge is 0.420 e. The van der Waals surface area contributed by atoms with Crippen molar-refractivity contribution in [1.82, 2.24) is 10.6 Å². The molecule has 0 fully saturated rings. The molecular weight excluding hydrogens is 188 g/mol. The summed E-state index contributed by atoms with van der Waals surface area (Å²) in [5.74, 6) is -0.361. The fourth-order valence-corrected chi connectivity index (χ4v) is 1.32. The molecule has 0 atom stereocenters. The molecule has 0 unspecified atom stereocenters. The zero-order chi connectivity index (χ0) is 10.3. The summed E-state index contributed by atoms with van der Waals surface area (Å²) >= 11 is 0. The average molecular weight is 204 g/mol. The molecule has 2 N–H and O–H groups in total. The van der Waals surface area contributed by atoms with Gasteiger partial charge < -0.3 is 15.1 Å². The second-order valence-corrected chi connectivity index (χ2v) is 3.60. The highest BCUT2D eigenvalue weighted by Gasteiger charge is 2.09. The lowest BCUT2D eigenvalue weighted by molar-refractivity contribution is -0.122. The maximum Gasteiger partial charge on any atom is 0.218 e. The predicted molar refractivity (Wildman–Crippen MR) is 51.8 cm³/mol. The number of amides is 2. The van der Waals surface area contributed by atoms with Crippen molar-refractivity contribution in [1.29, 1.82) is 0 Å². The molecule has 76 valence electrons. The Morgan fingerprint density at radius 1 is 1.31 bits per heavy atom. The highest BCUT2D eigenvalue weighted by Crippen LogP contribution is 1.81. The van der Waals surface area contributed by atoms with Crippen molar-refractivity contribution < 1.29 is 14.0 Å². The summed E-state index contributed by atoms with van der Waals surface area (Å²) in [6, 6.07) is 0. The fourth-order valence-electron chi connectivity index (χ4n) is 0.846. The molecular formula is C7H16N2O3Si. The third-order valence-electron chi connectivity index (χ3n) is 1.24. The molecule has 0 aliphatic rings. The molecule has 0 saturated carbocycles. The average Bonchev–Trinajstić information content (AvgIpc) is 1.98. The van der Waals surface area contributed by atoms with Crippen LogP contribution in [0.25, 0.3) is 0 Å². The SMILES string of the molecule is C[SiH2]OCC(NC(C)=O)NC(C)=O. The van der Waals surface area contributed by atoms with Crippen LogP contribution in [0.2, 0.25) is 6.55 Å². The van der Waals surface area contributed by atoms with Crippen LogP contribution in [0.1, 0.15) is 13.8 Å². The van der Waals surface area contributed by atoms with Gasteiger partial charge in [-0.3, -0.25) is 9.59 Å². The summed E-state index contributed by atoms with van der Waals surface area (Å²) in [4.78, 5) is 21.4. The molecule has 0 aromatic heterocycles. The topological polar surface area (TPSA) is 67.4 Å². The Balaban J connectivity index is 3.87. The summed E-state index contributed by atoms with van der Waals surface area (Å²) < 4.78 is 5.21. The highest BCUT2D eigenvalue weighted by molar-refractivity contribution is 6.24. The van der Waals surface area contributed by atoms with Gasteiger partial charge in [-0.15, -0.1) is 0 Å². The molecule has 0 spiro atoms. The van der Waals surface area contributed by atoms with E-state index in [0.717, 1.165) is 0 Å². The fraction of sp³-hybridized carbons (Fsp3) is 0.714. The van der Waals surface area contributed by atoms with Crippen LogP contribution >= 0.6 is 0 Å². The van der Waals surface area contributed by atoms with Crippen LogP contribution in [0.4, 0.5) is 0 Å². The van der Waals surface area contributed by atoms with Crippen molar-refractivity contribution in [2.24, 2.45) is 0 Å². The molecule has 2 amide bonds. The smallest absolute Gasteiger partial charge is 0.218 e. The molecule has 0 aromatic carbocycles. The first kappa shape index (κ1) is 12.1. The quantitative estimate of drug-likeness (QED) is 0.433. The zero-order valence-electron chi connectivity index (χ0n) is 8.22. The summed E-state index contributed by atoms with van der Waals surface area (Å²) in [6.07, 6.45) is -0.401. The molecule has 13 heavy (non-hydrogen) atoms. The van der Waals surface area contributed by atoms with Crippen molar-refractivity contribution in [3.05, 3.63) is 0 Å². The van der Waals surface area contributed by atoms with E-state index in [2.05, 4.69) is 10.6 Å². The van der Waals surface area contributed by atoms with Crippen LogP contribution in [-0.4, -0.2) is 34.4 Å². The molecule has 0 aliphatic carbocycles. The number of rotatable bonds is 5. The van der Waals surface area contributed by atoms with E-state index < -0.39 is 15.9 Å². The van der Waals surface area contributed by atoms with Gasteiger partial charge in [0.2, 0.25) is 11.8 Å².